The summed E-state index contributed by atoms with van der Waals surface area (Å²) < 4.78 is 14.2. The molecule has 0 atom stereocenters. The number of fused-ring (bicyclic) bond motifs is 1. The molecular weight excluding hydrogens is 407 g/mol. The fourth-order valence-electron chi connectivity index (χ4n) is 3.33. The van der Waals surface area contributed by atoms with Gasteiger partial charge in [0, 0.05) is 46.6 Å². The molecule has 2 heterocycles. The lowest BCUT2D eigenvalue weighted by atomic mass is 10.1. The molecule has 0 aliphatic carbocycles. The third-order valence-electron chi connectivity index (χ3n) is 5.12. The lowest BCUT2D eigenvalue weighted by Gasteiger charge is -2.20. The zero-order chi connectivity index (χ0) is 22.7. The highest BCUT2D eigenvalue weighted by Gasteiger charge is 2.28. The van der Waals surface area contributed by atoms with Crippen molar-refractivity contribution in [1.82, 2.24) is 19.4 Å². The number of halogens is 1. The molecule has 10 heteroatoms. The van der Waals surface area contributed by atoms with Crippen molar-refractivity contribution in [3.05, 3.63) is 57.5 Å². The normalized spacial score (nSPS) is 13.3. The molecule has 1 aliphatic heterocycles. The Hall–Kier alpha value is -3.56. The van der Waals surface area contributed by atoms with E-state index in [4.69, 9.17) is 0 Å². The van der Waals surface area contributed by atoms with Gasteiger partial charge in [0.2, 0.25) is 5.75 Å². The summed E-state index contributed by atoms with van der Waals surface area (Å²) in [6, 6.07) is 5.70. The Morgan fingerprint density at radius 1 is 1.13 bits per heavy atom. The topological polar surface area (TPSA) is 113 Å². The molecule has 0 bridgehead atoms. The van der Waals surface area contributed by atoms with Crippen molar-refractivity contribution in [1.29, 1.82) is 0 Å². The van der Waals surface area contributed by atoms with Crippen LogP contribution in [0.1, 0.15) is 28.3 Å². The summed E-state index contributed by atoms with van der Waals surface area (Å²) in [4.78, 5) is 56.2. The lowest BCUT2D eigenvalue weighted by Crippen LogP contribution is -2.43. The van der Waals surface area contributed by atoms with Gasteiger partial charge in [0.05, 0.1) is 0 Å². The van der Waals surface area contributed by atoms with Crippen LogP contribution in [-0.4, -0.2) is 69.2 Å². The van der Waals surface area contributed by atoms with Crippen LogP contribution in [0.4, 0.5) is 4.39 Å². The van der Waals surface area contributed by atoms with Gasteiger partial charge in [-0.25, -0.2) is 9.37 Å². The summed E-state index contributed by atoms with van der Waals surface area (Å²) in [6.45, 7) is 0.300. The molecule has 0 spiro atoms. The number of aryl methyl sites for hydroxylation is 1. The van der Waals surface area contributed by atoms with E-state index < -0.39 is 28.9 Å². The largest absolute Gasteiger partial charge is 0.501 e. The first-order valence-corrected chi connectivity index (χ1v) is 9.80. The zero-order valence-electron chi connectivity index (χ0n) is 17.3. The third-order valence-corrected chi connectivity index (χ3v) is 5.12. The van der Waals surface area contributed by atoms with E-state index >= 15 is 0 Å². The van der Waals surface area contributed by atoms with E-state index in [1.807, 2.05) is 0 Å². The van der Waals surface area contributed by atoms with Crippen LogP contribution in [0.15, 0.2) is 29.1 Å². The number of nitrogens with zero attached hydrogens (tertiary/aromatic N) is 4. The summed E-state index contributed by atoms with van der Waals surface area (Å²) in [5, 5.41) is 10.3. The zero-order valence-corrected chi connectivity index (χ0v) is 17.3. The van der Waals surface area contributed by atoms with E-state index in [1.165, 1.54) is 40.6 Å². The van der Waals surface area contributed by atoms with Gasteiger partial charge in [0.1, 0.15) is 11.6 Å². The maximum Gasteiger partial charge on any atom is 0.312 e. The quantitative estimate of drug-likeness (QED) is 0.554. The molecule has 0 saturated heterocycles. The molecular formula is C21H23FN4O5. The maximum absolute atomic E-state index is 13.0. The number of hydrogen-bond donors (Lipinski definition) is 1. The summed E-state index contributed by atoms with van der Waals surface area (Å²) in [5.74, 6) is -2.73. The molecule has 0 fully saturated rings. The molecule has 1 N–H and O–H groups in total. The highest BCUT2D eigenvalue weighted by Crippen LogP contribution is 2.16. The van der Waals surface area contributed by atoms with Crippen molar-refractivity contribution in [3.8, 4) is 5.75 Å². The lowest BCUT2D eigenvalue weighted by molar-refractivity contribution is -0.150. The number of carbonyl (C=O) groups excluding carboxylic acids is 3. The Kier molecular flexibility index (Phi) is 6.47. The third kappa shape index (κ3) is 4.79. The fourth-order valence-corrected chi connectivity index (χ4v) is 3.33. The summed E-state index contributed by atoms with van der Waals surface area (Å²) in [5.41, 5.74) is -0.341. The second-order valence-corrected chi connectivity index (χ2v) is 7.47. The van der Waals surface area contributed by atoms with Gasteiger partial charge < -0.3 is 14.9 Å². The summed E-state index contributed by atoms with van der Waals surface area (Å²) in [6.07, 6.45) is 0.435. The molecule has 1 aromatic carbocycles. The van der Waals surface area contributed by atoms with Crippen LogP contribution in [0.2, 0.25) is 0 Å². The number of amides is 2. The Bertz CT molecular complexity index is 1080. The van der Waals surface area contributed by atoms with Gasteiger partial charge in [-0.3, -0.25) is 23.7 Å². The SMILES string of the molecule is CN(C)C(=O)C(=O)N1CCc2nc(C(=O)CCc3ccc(F)cc3)c(O)c(=O)n2CC1. The van der Waals surface area contributed by atoms with Crippen LogP contribution in [0.5, 0.6) is 5.75 Å². The first kappa shape index (κ1) is 22.1. The van der Waals surface area contributed by atoms with Gasteiger partial charge in [0.15, 0.2) is 11.5 Å². The number of aromatic hydroxyl groups is 1. The second kappa shape index (κ2) is 9.07. The number of likely N-dealkylation sites (N-methyl/N-ethyl adjacent to an activating group) is 1. The van der Waals surface area contributed by atoms with E-state index in [0.29, 0.717) is 6.42 Å². The van der Waals surface area contributed by atoms with Gasteiger partial charge >= 0.3 is 11.8 Å². The van der Waals surface area contributed by atoms with Gasteiger partial charge in [-0.1, -0.05) is 12.1 Å². The molecule has 1 aromatic heterocycles. The molecule has 1 aliphatic rings. The first-order chi connectivity index (χ1) is 14.7. The van der Waals surface area contributed by atoms with Crippen molar-refractivity contribution >= 4 is 17.6 Å². The molecule has 0 radical (unpaired) electrons. The van der Waals surface area contributed by atoms with Crippen molar-refractivity contribution < 1.29 is 23.9 Å². The van der Waals surface area contributed by atoms with Crippen molar-refractivity contribution in [3.63, 3.8) is 0 Å². The minimum atomic E-state index is -0.761. The number of rotatable bonds is 4. The van der Waals surface area contributed by atoms with Crippen molar-refractivity contribution in [2.45, 2.75) is 25.8 Å². The highest BCUT2D eigenvalue weighted by molar-refractivity contribution is 6.34. The van der Waals surface area contributed by atoms with Crippen LogP contribution in [0.3, 0.4) is 0 Å². The standard InChI is InChI=1S/C21H23FN4O5/c1-24(2)20(30)21(31)25-10-9-16-23-17(18(28)19(29)26(16)12-11-25)15(27)8-5-13-3-6-14(22)7-4-13/h3-4,6-7,28H,5,8-12H2,1-2H3. The van der Waals surface area contributed by atoms with Crippen LogP contribution >= 0.6 is 0 Å². The minimum Gasteiger partial charge on any atom is -0.501 e. The number of carbonyl (C=O) groups is 3. The number of hydrogen-bond acceptors (Lipinski definition) is 6. The van der Waals surface area contributed by atoms with Gasteiger partial charge in [-0.05, 0) is 24.1 Å². The highest BCUT2D eigenvalue weighted by atomic mass is 19.1. The van der Waals surface area contributed by atoms with Crippen LogP contribution in [-0.2, 0) is 29.0 Å². The Labute approximate surface area is 177 Å². The van der Waals surface area contributed by atoms with Crippen molar-refractivity contribution in [2.75, 3.05) is 27.2 Å². The molecule has 3 rings (SSSR count). The summed E-state index contributed by atoms with van der Waals surface area (Å²) >= 11 is 0. The van der Waals surface area contributed by atoms with E-state index in [1.54, 1.807) is 12.1 Å². The van der Waals surface area contributed by atoms with Gasteiger partial charge in [-0.15, -0.1) is 0 Å². The number of benzene rings is 1. The number of Topliss-reactive ketones (excluding diaryl/α,β-unsaturated/α-hetero) is 1. The molecule has 0 saturated carbocycles. The average molecular weight is 430 g/mol. The van der Waals surface area contributed by atoms with Gasteiger partial charge in [0.25, 0.3) is 5.56 Å². The molecule has 31 heavy (non-hydrogen) atoms. The Morgan fingerprint density at radius 3 is 2.45 bits per heavy atom. The van der Waals surface area contributed by atoms with Crippen LogP contribution < -0.4 is 5.56 Å². The second-order valence-electron chi connectivity index (χ2n) is 7.47. The molecule has 9 nitrogen and oxygen atoms in total. The van der Waals surface area contributed by atoms with E-state index in [-0.39, 0.29) is 49.8 Å². The monoisotopic (exact) mass is 430 g/mol. The maximum atomic E-state index is 13.0. The van der Waals surface area contributed by atoms with Crippen molar-refractivity contribution in [2.24, 2.45) is 0 Å². The molecule has 2 aromatic rings. The van der Waals surface area contributed by atoms with E-state index in [9.17, 15) is 28.7 Å². The number of ketones is 1. The molecule has 164 valence electrons. The molecule has 2 amide bonds. The predicted molar refractivity (Wildman–Crippen MR) is 108 cm³/mol. The number of aromatic nitrogens is 2. The molecule has 0 unspecified atom stereocenters. The van der Waals surface area contributed by atoms with E-state index in [2.05, 4.69) is 4.98 Å². The van der Waals surface area contributed by atoms with Crippen LogP contribution in [0, 0.1) is 5.82 Å². The average Bonchev–Trinajstić information content (AvgIpc) is 2.97. The minimum absolute atomic E-state index is 0.0168. The first-order valence-electron chi connectivity index (χ1n) is 9.80. The van der Waals surface area contributed by atoms with E-state index in [0.717, 1.165) is 5.56 Å². The predicted octanol–water partition coefficient (Wildman–Crippen LogP) is 0.376. The summed E-state index contributed by atoms with van der Waals surface area (Å²) in [7, 11) is 2.95. The Balaban J connectivity index is 1.78. The Morgan fingerprint density at radius 2 is 1.81 bits per heavy atom. The smallest absolute Gasteiger partial charge is 0.312 e. The van der Waals surface area contributed by atoms with Gasteiger partial charge in [-0.2, -0.15) is 0 Å². The fraction of sp³-hybridized carbons (Fsp3) is 0.381. The van der Waals surface area contributed by atoms with Crippen LogP contribution in [0.25, 0.3) is 0 Å².